The number of aryl methyl sites for hydroxylation is 1. The summed E-state index contributed by atoms with van der Waals surface area (Å²) in [6.07, 6.45) is 0. The minimum atomic E-state index is 0.581. The average Bonchev–Trinajstić information content (AvgIpc) is 2.73. The predicted molar refractivity (Wildman–Crippen MR) is 77.1 cm³/mol. The lowest BCUT2D eigenvalue weighted by Gasteiger charge is -2.07. The molecular weight excluding hydrogens is 234 g/mol. The minimum Gasteiger partial charge on any atom is -0.384 e. The van der Waals surface area contributed by atoms with E-state index in [2.05, 4.69) is 6.07 Å². The highest BCUT2D eigenvalue weighted by molar-refractivity contribution is 5.97. The molecule has 0 radical (unpaired) electrons. The van der Waals surface area contributed by atoms with Gasteiger partial charge in [0.25, 0.3) is 0 Å². The molecule has 0 saturated heterocycles. The third-order valence-electron chi connectivity index (χ3n) is 3.32. The van der Waals surface area contributed by atoms with Crippen molar-refractivity contribution in [3.8, 4) is 11.8 Å². The van der Waals surface area contributed by atoms with E-state index in [0.29, 0.717) is 11.5 Å². The molecular formula is C16H13N3. The first-order chi connectivity index (χ1) is 9.22. The molecule has 19 heavy (non-hydrogen) atoms. The van der Waals surface area contributed by atoms with E-state index in [9.17, 15) is 5.26 Å². The number of nitriles is 1. The highest BCUT2D eigenvalue weighted by Crippen LogP contribution is 2.30. The molecule has 0 amide bonds. The number of nitrogens with two attached hydrogens (primary N) is 1. The number of fused-ring (bicyclic) bond motifs is 1. The molecule has 3 aromatic rings. The van der Waals surface area contributed by atoms with Crippen molar-refractivity contribution < 1.29 is 0 Å². The Morgan fingerprint density at radius 1 is 1.00 bits per heavy atom. The number of aromatic nitrogens is 1. The van der Waals surface area contributed by atoms with Crippen LogP contribution in [0.5, 0.6) is 0 Å². The second kappa shape index (κ2) is 4.18. The van der Waals surface area contributed by atoms with E-state index >= 15 is 0 Å². The van der Waals surface area contributed by atoms with Crippen molar-refractivity contribution in [2.24, 2.45) is 0 Å². The zero-order chi connectivity index (χ0) is 13.4. The maximum atomic E-state index is 9.42. The number of rotatable bonds is 1. The number of anilines is 1. The molecule has 92 valence electrons. The van der Waals surface area contributed by atoms with Crippen LogP contribution in [0.25, 0.3) is 16.5 Å². The second-order valence-corrected chi connectivity index (χ2v) is 4.56. The fraction of sp³-hybridized carbons (Fsp3) is 0.0625. The van der Waals surface area contributed by atoms with Gasteiger partial charge in [0, 0.05) is 16.5 Å². The molecule has 0 atom stereocenters. The maximum absolute atomic E-state index is 9.42. The Hall–Kier alpha value is -2.73. The van der Waals surface area contributed by atoms with E-state index < -0.39 is 0 Å². The molecule has 0 bridgehead atoms. The molecule has 3 heteroatoms. The van der Waals surface area contributed by atoms with Crippen LogP contribution in [0.15, 0.2) is 48.5 Å². The minimum absolute atomic E-state index is 0.581. The van der Waals surface area contributed by atoms with Crippen molar-refractivity contribution in [2.75, 3.05) is 5.73 Å². The van der Waals surface area contributed by atoms with E-state index in [1.54, 1.807) is 0 Å². The lowest BCUT2D eigenvalue weighted by molar-refractivity contribution is 1.07. The summed E-state index contributed by atoms with van der Waals surface area (Å²) in [5.74, 6) is 0.607. The molecule has 0 fully saturated rings. The Bertz CT molecular complexity index is 789. The van der Waals surface area contributed by atoms with Gasteiger partial charge in [0.05, 0.1) is 0 Å². The van der Waals surface area contributed by atoms with Crippen LogP contribution >= 0.6 is 0 Å². The molecule has 2 aromatic carbocycles. The predicted octanol–water partition coefficient (Wildman–Crippen LogP) is 3.39. The Morgan fingerprint density at radius 3 is 2.26 bits per heavy atom. The van der Waals surface area contributed by atoms with Crippen LogP contribution in [0.1, 0.15) is 11.3 Å². The number of nitrogen functional groups attached to an aromatic ring is 1. The zero-order valence-electron chi connectivity index (χ0n) is 10.6. The van der Waals surface area contributed by atoms with E-state index in [1.807, 2.05) is 60.0 Å². The van der Waals surface area contributed by atoms with Crippen LogP contribution in [0.2, 0.25) is 0 Å². The first-order valence-corrected chi connectivity index (χ1v) is 6.08. The Kier molecular flexibility index (Phi) is 2.50. The van der Waals surface area contributed by atoms with Crippen LogP contribution in [0.4, 0.5) is 5.82 Å². The van der Waals surface area contributed by atoms with E-state index in [4.69, 9.17) is 5.73 Å². The third-order valence-corrected chi connectivity index (χ3v) is 3.32. The van der Waals surface area contributed by atoms with Gasteiger partial charge in [0.2, 0.25) is 0 Å². The van der Waals surface area contributed by atoms with Crippen molar-refractivity contribution in [1.29, 1.82) is 5.26 Å². The molecule has 3 nitrogen and oxygen atoms in total. The topological polar surface area (TPSA) is 54.7 Å². The van der Waals surface area contributed by atoms with Crippen LogP contribution in [0.3, 0.4) is 0 Å². The molecule has 0 spiro atoms. The smallest absolute Gasteiger partial charge is 0.134 e. The molecule has 1 heterocycles. The first kappa shape index (κ1) is 11.4. The SMILES string of the molecule is Cc1ccc(-n2c(N)c3ccccc3c2C#N)cc1. The van der Waals surface area contributed by atoms with Crippen LogP contribution in [-0.2, 0) is 0 Å². The molecule has 0 aliphatic rings. The quantitative estimate of drug-likeness (QED) is 0.716. The van der Waals surface area contributed by atoms with Crippen molar-refractivity contribution in [2.45, 2.75) is 6.92 Å². The van der Waals surface area contributed by atoms with Gasteiger partial charge in [-0.15, -0.1) is 0 Å². The second-order valence-electron chi connectivity index (χ2n) is 4.56. The number of hydrogen-bond acceptors (Lipinski definition) is 2. The van der Waals surface area contributed by atoms with Crippen LogP contribution in [0, 0.1) is 18.3 Å². The molecule has 2 N–H and O–H groups in total. The number of hydrogen-bond donors (Lipinski definition) is 1. The van der Waals surface area contributed by atoms with Crippen molar-refractivity contribution in [1.82, 2.24) is 4.57 Å². The van der Waals surface area contributed by atoms with Gasteiger partial charge in [0.1, 0.15) is 17.6 Å². The summed E-state index contributed by atoms with van der Waals surface area (Å²) in [6, 6.07) is 18.0. The van der Waals surface area contributed by atoms with Gasteiger partial charge in [0.15, 0.2) is 0 Å². The standard InChI is InChI=1S/C16H13N3/c1-11-6-8-12(9-7-11)19-15(10-17)13-4-2-3-5-14(13)16(19)18/h2-9H,18H2,1H3. The zero-order valence-corrected chi connectivity index (χ0v) is 10.6. The van der Waals surface area contributed by atoms with Gasteiger partial charge in [-0.1, -0.05) is 42.0 Å². The highest BCUT2D eigenvalue weighted by atomic mass is 15.1. The third kappa shape index (κ3) is 1.66. The summed E-state index contributed by atoms with van der Waals surface area (Å²) in [6.45, 7) is 2.03. The first-order valence-electron chi connectivity index (χ1n) is 6.08. The van der Waals surface area contributed by atoms with Crippen LogP contribution < -0.4 is 5.73 Å². The highest BCUT2D eigenvalue weighted by Gasteiger charge is 2.15. The summed E-state index contributed by atoms with van der Waals surface area (Å²) >= 11 is 0. The van der Waals surface area contributed by atoms with Crippen molar-refractivity contribution >= 4 is 16.6 Å². The van der Waals surface area contributed by atoms with Crippen LogP contribution in [-0.4, -0.2) is 4.57 Å². The van der Waals surface area contributed by atoms with Gasteiger partial charge in [-0.25, -0.2) is 0 Å². The number of benzene rings is 2. The summed E-state index contributed by atoms with van der Waals surface area (Å²) in [5.41, 5.74) is 8.87. The largest absolute Gasteiger partial charge is 0.384 e. The van der Waals surface area contributed by atoms with Gasteiger partial charge in [-0.05, 0) is 19.1 Å². The normalized spacial score (nSPS) is 10.5. The average molecular weight is 247 g/mol. The lowest BCUT2D eigenvalue weighted by atomic mass is 10.2. The molecule has 3 rings (SSSR count). The monoisotopic (exact) mass is 247 g/mol. The summed E-state index contributed by atoms with van der Waals surface area (Å²) < 4.78 is 1.81. The summed E-state index contributed by atoms with van der Waals surface area (Å²) in [5, 5.41) is 11.2. The fourth-order valence-electron chi connectivity index (χ4n) is 2.35. The Morgan fingerprint density at radius 2 is 1.63 bits per heavy atom. The Labute approximate surface area is 111 Å². The molecule has 0 unspecified atom stereocenters. The van der Waals surface area contributed by atoms with E-state index in [1.165, 1.54) is 5.56 Å². The van der Waals surface area contributed by atoms with Gasteiger partial charge >= 0.3 is 0 Å². The van der Waals surface area contributed by atoms with Gasteiger partial charge in [-0.3, -0.25) is 4.57 Å². The summed E-state index contributed by atoms with van der Waals surface area (Å²) in [4.78, 5) is 0. The van der Waals surface area contributed by atoms with Gasteiger partial charge < -0.3 is 5.73 Å². The maximum Gasteiger partial charge on any atom is 0.134 e. The Balaban J connectivity index is 2.38. The molecule has 1 aromatic heterocycles. The molecule has 0 aliphatic carbocycles. The van der Waals surface area contributed by atoms with E-state index in [-0.39, 0.29) is 0 Å². The summed E-state index contributed by atoms with van der Waals surface area (Å²) in [7, 11) is 0. The van der Waals surface area contributed by atoms with Gasteiger partial charge in [-0.2, -0.15) is 5.26 Å². The number of nitrogens with zero attached hydrogens (tertiary/aromatic N) is 2. The fourth-order valence-corrected chi connectivity index (χ4v) is 2.35. The van der Waals surface area contributed by atoms with E-state index in [0.717, 1.165) is 16.5 Å². The lowest BCUT2D eigenvalue weighted by Crippen LogP contribution is -2.02. The van der Waals surface area contributed by atoms with Crippen molar-refractivity contribution in [3.63, 3.8) is 0 Å². The molecule has 0 saturated carbocycles. The molecule has 0 aliphatic heterocycles. The van der Waals surface area contributed by atoms with Crippen molar-refractivity contribution in [3.05, 3.63) is 59.8 Å².